The molecular weight excluding hydrogens is 416 g/mol. The van der Waals surface area contributed by atoms with E-state index in [1.165, 1.54) is 13.8 Å². The van der Waals surface area contributed by atoms with Crippen molar-refractivity contribution < 1.29 is 38.1 Å². The molecule has 0 N–H and O–H groups in total. The van der Waals surface area contributed by atoms with E-state index in [-0.39, 0.29) is 13.2 Å². The van der Waals surface area contributed by atoms with Crippen LogP contribution in [0, 0.1) is 0 Å². The molecule has 0 radical (unpaired) electrons. The summed E-state index contributed by atoms with van der Waals surface area (Å²) in [5, 5.41) is 0. The van der Waals surface area contributed by atoms with Crippen molar-refractivity contribution in [2.75, 3.05) is 0 Å². The third kappa shape index (κ3) is 9.42. The Morgan fingerprint density at radius 1 is 0.594 bits per heavy atom. The molecule has 0 aliphatic carbocycles. The normalized spacial score (nSPS) is 12.2. The van der Waals surface area contributed by atoms with Gasteiger partial charge in [-0.25, -0.2) is 0 Å². The average molecular weight is 442 g/mol. The minimum Gasteiger partial charge on any atom is -0.460 e. The van der Waals surface area contributed by atoms with E-state index in [2.05, 4.69) is 0 Å². The second kappa shape index (κ2) is 12.9. The standard InChI is InChI=1S/C24H26O8/c1-17(31-23(27)13-21(25)29-15-19-9-5-3-6-10-19)18(2)32-24(28)14-22(26)30-16-20-11-7-4-8-12-20/h3-12,17-18H,13-16H2,1-2H3/t17-,18-/m1/s1. The number of rotatable bonds is 11. The van der Waals surface area contributed by atoms with Gasteiger partial charge in [0.15, 0.2) is 0 Å². The van der Waals surface area contributed by atoms with E-state index in [0.29, 0.717) is 0 Å². The van der Waals surface area contributed by atoms with E-state index in [4.69, 9.17) is 18.9 Å². The Hall–Kier alpha value is -3.68. The van der Waals surface area contributed by atoms with Crippen molar-refractivity contribution in [3.8, 4) is 0 Å². The number of carbonyl (C=O) groups is 4. The van der Waals surface area contributed by atoms with Gasteiger partial charge in [0.25, 0.3) is 0 Å². The Balaban J connectivity index is 1.65. The minimum absolute atomic E-state index is 0.0525. The van der Waals surface area contributed by atoms with Gasteiger partial charge in [-0.3, -0.25) is 19.2 Å². The molecule has 2 rings (SSSR count). The van der Waals surface area contributed by atoms with Crippen LogP contribution in [0.15, 0.2) is 60.7 Å². The van der Waals surface area contributed by atoms with Gasteiger partial charge >= 0.3 is 23.9 Å². The fraction of sp³-hybridized carbons (Fsp3) is 0.333. The van der Waals surface area contributed by atoms with Crippen LogP contribution in [-0.4, -0.2) is 36.1 Å². The maximum absolute atomic E-state index is 11.9. The molecule has 0 spiro atoms. The summed E-state index contributed by atoms with van der Waals surface area (Å²) in [5.41, 5.74) is 1.59. The molecular formula is C24H26O8. The van der Waals surface area contributed by atoms with Crippen molar-refractivity contribution in [1.29, 1.82) is 0 Å². The first-order chi connectivity index (χ1) is 15.3. The molecule has 0 amide bonds. The summed E-state index contributed by atoms with van der Waals surface area (Å²) < 4.78 is 20.3. The average Bonchev–Trinajstić information content (AvgIpc) is 2.77. The Labute approximate surface area is 186 Å². The number of esters is 4. The Morgan fingerprint density at radius 2 is 0.938 bits per heavy atom. The lowest BCUT2D eigenvalue weighted by Crippen LogP contribution is -2.32. The first-order valence-electron chi connectivity index (χ1n) is 10.1. The molecule has 0 aliphatic heterocycles. The Morgan fingerprint density at radius 3 is 1.28 bits per heavy atom. The second-order valence-corrected chi connectivity index (χ2v) is 7.04. The van der Waals surface area contributed by atoms with Gasteiger partial charge in [-0.15, -0.1) is 0 Å². The number of benzene rings is 2. The van der Waals surface area contributed by atoms with Crippen LogP contribution in [0.2, 0.25) is 0 Å². The summed E-state index contributed by atoms with van der Waals surface area (Å²) in [4.78, 5) is 47.4. The SMILES string of the molecule is C[C@@H](OC(=O)CC(=O)OCc1ccccc1)[C@@H](C)OC(=O)CC(=O)OCc1ccccc1. The quantitative estimate of drug-likeness (QED) is 0.297. The highest BCUT2D eigenvalue weighted by atomic mass is 16.6. The van der Waals surface area contributed by atoms with E-state index < -0.39 is 48.9 Å². The summed E-state index contributed by atoms with van der Waals surface area (Å²) in [5.74, 6) is -3.06. The molecule has 0 fully saturated rings. The number of hydrogen-bond donors (Lipinski definition) is 0. The van der Waals surface area contributed by atoms with Crippen molar-refractivity contribution in [2.24, 2.45) is 0 Å². The lowest BCUT2D eigenvalue weighted by molar-refractivity contribution is -0.171. The van der Waals surface area contributed by atoms with Crippen LogP contribution in [0.3, 0.4) is 0 Å². The van der Waals surface area contributed by atoms with Crippen LogP contribution in [0.4, 0.5) is 0 Å². The van der Waals surface area contributed by atoms with Crippen molar-refractivity contribution in [3.63, 3.8) is 0 Å². The van der Waals surface area contributed by atoms with Gasteiger partial charge in [0.2, 0.25) is 0 Å². The molecule has 2 atom stereocenters. The first-order valence-corrected chi connectivity index (χ1v) is 10.1. The number of ether oxygens (including phenoxy) is 4. The van der Waals surface area contributed by atoms with Crippen LogP contribution < -0.4 is 0 Å². The van der Waals surface area contributed by atoms with E-state index in [0.717, 1.165) is 11.1 Å². The fourth-order valence-electron chi connectivity index (χ4n) is 2.50. The molecule has 0 saturated heterocycles. The summed E-state index contributed by atoms with van der Waals surface area (Å²) >= 11 is 0. The van der Waals surface area contributed by atoms with Crippen molar-refractivity contribution >= 4 is 23.9 Å². The summed E-state index contributed by atoms with van der Waals surface area (Å²) in [6.45, 7) is 3.13. The third-order valence-electron chi connectivity index (χ3n) is 4.36. The van der Waals surface area contributed by atoms with Gasteiger partial charge in [0.1, 0.15) is 38.3 Å². The zero-order valence-corrected chi connectivity index (χ0v) is 18.0. The summed E-state index contributed by atoms with van der Waals surface area (Å²) in [6, 6.07) is 18.1. The molecule has 0 unspecified atom stereocenters. The van der Waals surface area contributed by atoms with Crippen LogP contribution in [0.25, 0.3) is 0 Å². The molecule has 8 heteroatoms. The first kappa shape index (κ1) is 24.6. The molecule has 2 aromatic rings. The lowest BCUT2D eigenvalue weighted by atomic mass is 10.2. The molecule has 170 valence electrons. The zero-order chi connectivity index (χ0) is 23.3. The maximum Gasteiger partial charge on any atom is 0.317 e. The van der Waals surface area contributed by atoms with Crippen molar-refractivity contribution in [2.45, 2.75) is 52.1 Å². The predicted octanol–water partition coefficient (Wildman–Crippen LogP) is 3.12. The molecule has 0 saturated carbocycles. The number of carbonyl (C=O) groups excluding carboxylic acids is 4. The van der Waals surface area contributed by atoms with Gasteiger partial charge in [-0.1, -0.05) is 60.7 Å². The molecule has 0 aliphatic rings. The Bertz CT molecular complexity index is 819. The zero-order valence-electron chi connectivity index (χ0n) is 18.0. The Kier molecular flexibility index (Phi) is 9.90. The van der Waals surface area contributed by atoms with Crippen LogP contribution >= 0.6 is 0 Å². The lowest BCUT2D eigenvalue weighted by Gasteiger charge is -2.20. The van der Waals surface area contributed by atoms with E-state index in [9.17, 15) is 19.2 Å². The van der Waals surface area contributed by atoms with Gasteiger partial charge < -0.3 is 18.9 Å². The monoisotopic (exact) mass is 442 g/mol. The molecule has 0 bridgehead atoms. The van der Waals surface area contributed by atoms with E-state index in [1.807, 2.05) is 36.4 Å². The molecule has 2 aromatic carbocycles. The topological polar surface area (TPSA) is 105 Å². The van der Waals surface area contributed by atoms with Gasteiger partial charge in [-0.2, -0.15) is 0 Å². The third-order valence-corrected chi connectivity index (χ3v) is 4.36. The highest BCUT2D eigenvalue weighted by Crippen LogP contribution is 2.09. The van der Waals surface area contributed by atoms with Crippen LogP contribution in [-0.2, 0) is 51.3 Å². The van der Waals surface area contributed by atoms with Crippen molar-refractivity contribution in [1.82, 2.24) is 0 Å². The van der Waals surface area contributed by atoms with E-state index in [1.54, 1.807) is 24.3 Å². The predicted molar refractivity (Wildman–Crippen MR) is 113 cm³/mol. The van der Waals surface area contributed by atoms with Crippen molar-refractivity contribution in [3.05, 3.63) is 71.8 Å². The molecule has 0 heterocycles. The summed E-state index contributed by atoms with van der Waals surface area (Å²) in [6.07, 6.45) is -2.78. The maximum atomic E-state index is 11.9. The largest absolute Gasteiger partial charge is 0.460 e. The fourth-order valence-corrected chi connectivity index (χ4v) is 2.50. The molecule has 32 heavy (non-hydrogen) atoms. The molecule has 8 nitrogen and oxygen atoms in total. The van der Waals surface area contributed by atoms with E-state index >= 15 is 0 Å². The highest BCUT2D eigenvalue weighted by Gasteiger charge is 2.23. The highest BCUT2D eigenvalue weighted by molar-refractivity contribution is 5.92. The van der Waals surface area contributed by atoms with Crippen LogP contribution in [0.5, 0.6) is 0 Å². The summed E-state index contributed by atoms with van der Waals surface area (Å²) in [7, 11) is 0. The smallest absolute Gasteiger partial charge is 0.317 e. The van der Waals surface area contributed by atoms with Gasteiger partial charge in [0.05, 0.1) is 0 Å². The second-order valence-electron chi connectivity index (χ2n) is 7.04. The van der Waals surface area contributed by atoms with Gasteiger partial charge in [-0.05, 0) is 25.0 Å². The molecule has 0 aromatic heterocycles. The minimum atomic E-state index is -0.825. The van der Waals surface area contributed by atoms with Gasteiger partial charge in [0, 0.05) is 0 Å². The van der Waals surface area contributed by atoms with Crippen LogP contribution in [0.1, 0.15) is 37.8 Å². The number of hydrogen-bond acceptors (Lipinski definition) is 8.